The first-order valence-electron chi connectivity index (χ1n) is 7.98. The lowest BCUT2D eigenvalue weighted by Gasteiger charge is -2.11. The zero-order valence-corrected chi connectivity index (χ0v) is 15.2. The van der Waals surface area contributed by atoms with Crippen LogP contribution in [0.25, 0.3) is 0 Å². The molecule has 7 nitrogen and oxygen atoms in total. The van der Waals surface area contributed by atoms with E-state index in [1.54, 1.807) is 42.5 Å². The molecule has 0 saturated carbocycles. The van der Waals surface area contributed by atoms with Crippen LogP contribution in [0.3, 0.4) is 0 Å². The third-order valence-corrected chi connectivity index (χ3v) is 4.60. The van der Waals surface area contributed by atoms with Crippen LogP contribution in [0.2, 0.25) is 0 Å². The molecule has 27 heavy (non-hydrogen) atoms. The largest absolute Gasteiger partial charge is 0.365 e. The van der Waals surface area contributed by atoms with Crippen molar-refractivity contribution in [1.82, 2.24) is 4.98 Å². The fraction of sp³-hybridized carbons (Fsp3) is 0.0526. The van der Waals surface area contributed by atoms with Crippen LogP contribution in [0.15, 0.2) is 54.7 Å². The van der Waals surface area contributed by atoms with Gasteiger partial charge >= 0.3 is 0 Å². The van der Waals surface area contributed by atoms with Crippen LogP contribution in [0.1, 0.15) is 36.0 Å². The molecule has 8 heteroatoms. The molecule has 0 bridgehead atoms. The monoisotopic (exact) mass is 380 g/mol. The third-order valence-electron chi connectivity index (χ3n) is 3.67. The molecule has 0 aliphatic carbocycles. The van der Waals surface area contributed by atoms with Gasteiger partial charge in [0.1, 0.15) is 4.88 Å². The van der Waals surface area contributed by atoms with Gasteiger partial charge in [0.2, 0.25) is 0 Å². The quantitative estimate of drug-likeness (QED) is 0.631. The van der Waals surface area contributed by atoms with E-state index in [2.05, 4.69) is 15.6 Å². The van der Waals surface area contributed by atoms with Gasteiger partial charge in [0.15, 0.2) is 5.13 Å². The maximum absolute atomic E-state index is 12.6. The van der Waals surface area contributed by atoms with Crippen LogP contribution in [-0.4, -0.2) is 22.7 Å². The van der Waals surface area contributed by atoms with E-state index in [0.717, 1.165) is 16.9 Å². The Hall–Kier alpha value is -3.52. The number of thiazole rings is 1. The number of para-hydroxylation sites is 1. The molecule has 3 rings (SSSR count). The molecule has 0 spiro atoms. The van der Waals surface area contributed by atoms with Gasteiger partial charge in [-0.25, -0.2) is 4.98 Å². The fourth-order valence-electron chi connectivity index (χ4n) is 2.38. The predicted molar refractivity (Wildman–Crippen MR) is 104 cm³/mol. The van der Waals surface area contributed by atoms with E-state index >= 15 is 0 Å². The van der Waals surface area contributed by atoms with Crippen molar-refractivity contribution < 1.29 is 14.4 Å². The van der Waals surface area contributed by atoms with Crippen molar-refractivity contribution in [3.63, 3.8) is 0 Å². The summed E-state index contributed by atoms with van der Waals surface area (Å²) in [4.78, 5) is 40.4. The van der Waals surface area contributed by atoms with Gasteiger partial charge in [0.05, 0.1) is 17.4 Å². The van der Waals surface area contributed by atoms with Crippen molar-refractivity contribution in [3.8, 4) is 0 Å². The van der Waals surface area contributed by atoms with Crippen LogP contribution < -0.4 is 16.4 Å². The van der Waals surface area contributed by atoms with Crippen molar-refractivity contribution in [2.45, 2.75) is 6.92 Å². The average molecular weight is 380 g/mol. The number of aromatic nitrogens is 1. The van der Waals surface area contributed by atoms with Crippen LogP contribution in [-0.2, 0) is 0 Å². The standard InChI is InChI=1S/C19H16N4O3S/c1-11-5-4-6-12(9-11)17(25)22-14-8-3-2-7-13(14)18(26)23-19-21-10-15(27-19)16(20)24/h2-10H,1H3,(H2,20,24)(H,22,25)(H,21,23,26). The van der Waals surface area contributed by atoms with Gasteiger partial charge in [0, 0.05) is 5.56 Å². The molecular formula is C19H16N4O3S. The maximum Gasteiger partial charge on any atom is 0.260 e. The second-order valence-electron chi connectivity index (χ2n) is 5.72. The fourth-order valence-corrected chi connectivity index (χ4v) is 3.04. The zero-order valence-electron chi connectivity index (χ0n) is 14.4. The van der Waals surface area contributed by atoms with Gasteiger partial charge in [-0.15, -0.1) is 0 Å². The third kappa shape index (κ3) is 4.36. The smallest absolute Gasteiger partial charge is 0.260 e. The van der Waals surface area contributed by atoms with E-state index < -0.39 is 11.8 Å². The molecular weight excluding hydrogens is 364 g/mol. The summed E-state index contributed by atoms with van der Waals surface area (Å²) in [6.07, 6.45) is 1.30. The summed E-state index contributed by atoms with van der Waals surface area (Å²) in [6, 6.07) is 13.8. The lowest BCUT2D eigenvalue weighted by molar-refractivity contribution is 0.0998. The van der Waals surface area contributed by atoms with E-state index in [1.807, 2.05) is 13.0 Å². The Labute approximate surface area is 159 Å². The van der Waals surface area contributed by atoms with Gasteiger partial charge in [-0.1, -0.05) is 41.2 Å². The van der Waals surface area contributed by atoms with Crippen molar-refractivity contribution in [1.29, 1.82) is 0 Å². The van der Waals surface area contributed by atoms with Crippen LogP contribution in [0, 0.1) is 6.92 Å². The Bertz CT molecular complexity index is 1030. The number of aryl methyl sites for hydroxylation is 1. The van der Waals surface area contributed by atoms with Crippen LogP contribution >= 0.6 is 11.3 Å². The van der Waals surface area contributed by atoms with Crippen molar-refractivity contribution in [3.05, 3.63) is 76.3 Å². The number of primary amides is 1. The highest BCUT2D eigenvalue weighted by molar-refractivity contribution is 7.17. The van der Waals surface area contributed by atoms with Gasteiger partial charge in [0.25, 0.3) is 17.7 Å². The lowest BCUT2D eigenvalue weighted by atomic mass is 10.1. The number of hydrogen-bond donors (Lipinski definition) is 3. The average Bonchev–Trinajstić information content (AvgIpc) is 3.11. The minimum absolute atomic E-state index is 0.242. The highest BCUT2D eigenvalue weighted by Gasteiger charge is 2.16. The summed E-state index contributed by atoms with van der Waals surface area (Å²) in [6.45, 7) is 1.90. The Morgan fingerprint density at radius 1 is 1.00 bits per heavy atom. The summed E-state index contributed by atoms with van der Waals surface area (Å²) >= 11 is 0.977. The molecule has 4 N–H and O–H groups in total. The highest BCUT2D eigenvalue weighted by Crippen LogP contribution is 2.21. The molecule has 3 aromatic rings. The van der Waals surface area contributed by atoms with E-state index in [9.17, 15) is 14.4 Å². The second-order valence-corrected chi connectivity index (χ2v) is 6.75. The minimum Gasteiger partial charge on any atom is -0.365 e. The van der Waals surface area contributed by atoms with Crippen molar-refractivity contribution in [2.75, 3.05) is 10.6 Å². The molecule has 0 aliphatic rings. The van der Waals surface area contributed by atoms with E-state index in [4.69, 9.17) is 5.73 Å². The molecule has 0 atom stereocenters. The highest BCUT2D eigenvalue weighted by atomic mass is 32.1. The number of rotatable bonds is 5. The molecule has 1 aromatic heterocycles. The number of anilines is 2. The first-order chi connectivity index (χ1) is 12.9. The lowest BCUT2D eigenvalue weighted by Crippen LogP contribution is -2.18. The van der Waals surface area contributed by atoms with Gasteiger partial charge < -0.3 is 11.1 Å². The molecule has 0 fully saturated rings. The van der Waals surface area contributed by atoms with Crippen molar-refractivity contribution in [2.24, 2.45) is 5.73 Å². The molecule has 1 heterocycles. The minimum atomic E-state index is -0.612. The van der Waals surface area contributed by atoms with Gasteiger partial charge in [-0.2, -0.15) is 0 Å². The number of nitrogens with two attached hydrogens (primary N) is 1. The molecule has 3 amide bonds. The number of carbonyl (C=O) groups is 3. The SMILES string of the molecule is Cc1cccc(C(=O)Nc2ccccc2C(=O)Nc2ncc(C(N)=O)s2)c1. The maximum atomic E-state index is 12.6. The number of nitrogens with one attached hydrogen (secondary N) is 2. The first kappa shape index (κ1) is 18.3. The Morgan fingerprint density at radius 2 is 1.78 bits per heavy atom. The van der Waals surface area contributed by atoms with Crippen LogP contribution in [0.5, 0.6) is 0 Å². The van der Waals surface area contributed by atoms with Crippen molar-refractivity contribution >= 4 is 39.9 Å². The Kier molecular flexibility index (Phi) is 5.28. The number of nitrogens with zero attached hydrogens (tertiary/aromatic N) is 1. The van der Waals surface area contributed by atoms with E-state index in [0.29, 0.717) is 11.3 Å². The predicted octanol–water partition coefficient (Wildman–Crippen LogP) is 3.06. The van der Waals surface area contributed by atoms with Gasteiger partial charge in [-0.05, 0) is 31.2 Å². The summed E-state index contributed by atoms with van der Waals surface area (Å²) in [5.74, 6) is -1.39. The Morgan fingerprint density at radius 3 is 2.48 bits per heavy atom. The molecule has 0 saturated heterocycles. The van der Waals surface area contributed by atoms with Gasteiger partial charge in [-0.3, -0.25) is 19.7 Å². The molecule has 0 radical (unpaired) electrons. The molecule has 2 aromatic carbocycles. The number of benzene rings is 2. The number of carbonyl (C=O) groups excluding carboxylic acids is 3. The van der Waals surface area contributed by atoms with E-state index in [-0.39, 0.29) is 21.5 Å². The molecule has 0 unspecified atom stereocenters. The summed E-state index contributed by atoms with van der Waals surface area (Å²) in [5.41, 5.74) is 7.28. The summed E-state index contributed by atoms with van der Waals surface area (Å²) in [5, 5.41) is 5.60. The van der Waals surface area contributed by atoms with E-state index in [1.165, 1.54) is 6.20 Å². The Balaban J connectivity index is 1.79. The van der Waals surface area contributed by atoms with Crippen LogP contribution in [0.4, 0.5) is 10.8 Å². The second kappa shape index (κ2) is 7.79. The topological polar surface area (TPSA) is 114 Å². The normalized spacial score (nSPS) is 10.3. The number of amides is 3. The number of hydrogen-bond acceptors (Lipinski definition) is 5. The zero-order chi connectivity index (χ0) is 19.4. The summed E-state index contributed by atoms with van der Waals surface area (Å²) in [7, 11) is 0. The first-order valence-corrected chi connectivity index (χ1v) is 8.79. The molecule has 0 aliphatic heterocycles. The molecule has 136 valence electrons. The summed E-state index contributed by atoms with van der Waals surface area (Å²) < 4.78 is 0.